The van der Waals surface area contributed by atoms with Gasteiger partial charge in [-0.25, -0.2) is 0 Å². The lowest BCUT2D eigenvalue weighted by molar-refractivity contribution is 0.168. The summed E-state index contributed by atoms with van der Waals surface area (Å²) in [7, 11) is 0. The van der Waals surface area contributed by atoms with E-state index in [0.29, 0.717) is 13.0 Å². The third kappa shape index (κ3) is 10.4. The van der Waals surface area contributed by atoms with Crippen LogP contribution in [0.4, 0.5) is 0 Å². The summed E-state index contributed by atoms with van der Waals surface area (Å²) in [5.41, 5.74) is 10.7. The Morgan fingerprint density at radius 3 is 2.16 bits per heavy atom. The molecule has 11 heteroatoms. The van der Waals surface area contributed by atoms with Gasteiger partial charge in [-0.2, -0.15) is 0 Å². The molecular formula is C8H22N2O5P2S2. The van der Waals surface area contributed by atoms with E-state index in [1.165, 1.54) is 0 Å². The van der Waals surface area contributed by atoms with Gasteiger partial charge < -0.3 is 35.4 Å². The third-order valence-electron chi connectivity index (χ3n) is 2.10. The fourth-order valence-electron chi connectivity index (χ4n) is 1.02. The normalized spacial score (nSPS) is 19.6. The second kappa shape index (κ2) is 9.87. The first-order chi connectivity index (χ1) is 8.76. The van der Waals surface area contributed by atoms with Gasteiger partial charge in [0.1, 0.15) is 0 Å². The van der Waals surface area contributed by atoms with E-state index in [1.807, 2.05) is 0 Å². The van der Waals surface area contributed by atoms with Crippen molar-refractivity contribution < 1.29 is 23.9 Å². The Balaban J connectivity index is 4.26. The average Bonchev–Trinajstić information content (AvgIpc) is 2.29. The molecule has 0 aliphatic rings. The molecule has 0 radical (unpaired) electrons. The predicted molar refractivity (Wildman–Crippen MR) is 83.1 cm³/mol. The van der Waals surface area contributed by atoms with Gasteiger partial charge in [0.25, 0.3) is 0 Å². The summed E-state index contributed by atoms with van der Waals surface area (Å²) in [6, 6.07) is 0. The maximum absolute atomic E-state index is 9.92. The van der Waals surface area contributed by atoms with Crippen LogP contribution in [-0.4, -0.2) is 53.7 Å². The van der Waals surface area contributed by atoms with Gasteiger partial charge in [0.05, 0.1) is 19.1 Å². The van der Waals surface area contributed by atoms with E-state index in [2.05, 4.69) is 0 Å². The van der Waals surface area contributed by atoms with Crippen molar-refractivity contribution in [2.75, 3.05) is 38.8 Å². The minimum absolute atomic E-state index is 0.0267. The zero-order valence-corrected chi connectivity index (χ0v) is 14.0. The zero-order chi connectivity index (χ0) is 14.9. The van der Waals surface area contributed by atoms with E-state index < -0.39 is 13.0 Å². The maximum atomic E-state index is 9.92. The van der Waals surface area contributed by atoms with Gasteiger partial charge in [-0.05, 0) is 43.1 Å². The number of aliphatic hydroxyl groups is 1. The van der Waals surface area contributed by atoms with Crippen LogP contribution < -0.4 is 11.5 Å². The molecule has 7 N–H and O–H groups in total. The highest BCUT2D eigenvalue weighted by Crippen LogP contribution is 2.58. The van der Waals surface area contributed by atoms with Gasteiger partial charge in [-0.3, -0.25) is 0 Å². The van der Waals surface area contributed by atoms with E-state index in [4.69, 9.17) is 49.2 Å². The standard InChI is InChI=1S/C8H22N2O5P2S2/c9-2-1-3-14-16(12,18)7-17(13,19)15-6-8(4-10)5-11/h8,11H,1-7,9-10H2,(H,12,18)(H,13,19). The van der Waals surface area contributed by atoms with E-state index in [1.54, 1.807) is 0 Å². The van der Waals surface area contributed by atoms with Gasteiger partial charge in [-0.1, -0.05) is 0 Å². The molecule has 0 aliphatic carbocycles. The van der Waals surface area contributed by atoms with Crippen LogP contribution in [0.2, 0.25) is 0 Å². The fourth-order valence-corrected chi connectivity index (χ4v) is 8.21. The number of hydrogen-bond acceptors (Lipinski definition) is 7. The molecule has 3 atom stereocenters. The van der Waals surface area contributed by atoms with Crippen LogP contribution in [0.3, 0.4) is 0 Å². The Bertz CT molecular complexity index is 343. The molecule has 7 nitrogen and oxygen atoms in total. The van der Waals surface area contributed by atoms with Crippen LogP contribution >= 0.6 is 13.0 Å². The molecule has 0 fully saturated rings. The van der Waals surface area contributed by atoms with Gasteiger partial charge >= 0.3 is 0 Å². The molecule has 0 heterocycles. The maximum Gasteiger partial charge on any atom is 0.195 e. The van der Waals surface area contributed by atoms with E-state index in [-0.39, 0.29) is 38.2 Å². The monoisotopic (exact) mass is 352 g/mol. The molecule has 0 spiro atoms. The smallest absolute Gasteiger partial charge is 0.195 e. The zero-order valence-electron chi connectivity index (χ0n) is 10.6. The molecule has 0 saturated carbocycles. The number of hydrogen-bond donors (Lipinski definition) is 5. The number of nitrogens with two attached hydrogens (primary N) is 2. The quantitative estimate of drug-likeness (QED) is 0.246. The Hall–Kier alpha value is 1.02. The molecule has 0 saturated heterocycles. The molecule has 116 valence electrons. The van der Waals surface area contributed by atoms with Crippen LogP contribution in [0, 0.1) is 5.92 Å². The summed E-state index contributed by atoms with van der Waals surface area (Å²) < 4.78 is 10.3. The molecule has 0 amide bonds. The number of aliphatic hydroxyl groups excluding tert-OH is 1. The molecule has 0 aromatic rings. The van der Waals surface area contributed by atoms with E-state index in [0.717, 1.165) is 0 Å². The van der Waals surface area contributed by atoms with Crippen LogP contribution in [0.5, 0.6) is 0 Å². The van der Waals surface area contributed by atoms with Crippen LogP contribution in [0.15, 0.2) is 0 Å². The molecular weight excluding hydrogens is 330 g/mol. The van der Waals surface area contributed by atoms with Crippen molar-refractivity contribution in [1.29, 1.82) is 0 Å². The Labute approximate surface area is 123 Å². The van der Waals surface area contributed by atoms with Gasteiger partial charge in [0.15, 0.2) is 13.0 Å². The molecule has 19 heavy (non-hydrogen) atoms. The molecule has 0 aliphatic heterocycles. The summed E-state index contributed by atoms with van der Waals surface area (Å²) in [5.74, 6) is -0.568. The lowest BCUT2D eigenvalue weighted by atomic mass is 10.2. The van der Waals surface area contributed by atoms with Crippen LogP contribution in [-0.2, 0) is 32.7 Å². The molecule has 0 aromatic heterocycles. The van der Waals surface area contributed by atoms with Crippen molar-refractivity contribution in [2.45, 2.75) is 6.42 Å². The average molecular weight is 352 g/mol. The Kier molecular flexibility index (Phi) is 10.4. The molecule has 0 bridgehead atoms. The molecule has 0 rings (SSSR count). The largest absolute Gasteiger partial charge is 0.396 e. The predicted octanol–water partition coefficient (Wildman–Crippen LogP) is -0.503. The topological polar surface area (TPSA) is 131 Å². The van der Waals surface area contributed by atoms with Crippen LogP contribution in [0.25, 0.3) is 0 Å². The van der Waals surface area contributed by atoms with Crippen molar-refractivity contribution in [3.63, 3.8) is 0 Å². The van der Waals surface area contributed by atoms with Crippen molar-refractivity contribution in [1.82, 2.24) is 0 Å². The highest BCUT2D eigenvalue weighted by Gasteiger charge is 2.26. The summed E-state index contributed by atoms with van der Waals surface area (Å²) in [6.07, 6.45) is 0.563. The first-order valence-corrected chi connectivity index (χ1v) is 11.4. The van der Waals surface area contributed by atoms with Crippen LogP contribution in [0.1, 0.15) is 6.42 Å². The second-order valence-electron chi connectivity index (χ2n) is 3.97. The van der Waals surface area contributed by atoms with Crippen molar-refractivity contribution >= 4 is 36.6 Å². The van der Waals surface area contributed by atoms with Gasteiger partial charge in [0.2, 0.25) is 0 Å². The molecule has 3 unspecified atom stereocenters. The molecule has 0 aromatic carbocycles. The van der Waals surface area contributed by atoms with E-state index in [9.17, 15) is 9.79 Å². The third-order valence-corrected chi connectivity index (χ3v) is 8.81. The van der Waals surface area contributed by atoms with Crippen molar-refractivity contribution in [3.8, 4) is 0 Å². The highest BCUT2D eigenvalue weighted by atomic mass is 32.5. The summed E-state index contributed by atoms with van der Waals surface area (Å²) in [6.45, 7) is -5.67. The lowest BCUT2D eigenvalue weighted by Crippen LogP contribution is -2.23. The minimum Gasteiger partial charge on any atom is -0.396 e. The lowest BCUT2D eigenvalue weighted by Gasteiger charge is -2.23. The van der Waals surface area contributed by atoms with Crippen molar-refractivity contribution in [3.05, 3.63) is 0 Å². The first kappa shape index (κ1) is 20.0. The van der Waals surface area contributed by atoms with Crippen molar-refractivity contribution in [2.24, 2.45) is 17.4 Å². The summed E-state index contributed by atoms with van der Waals surface area (Å²) >= 11 is 9.80. The minimum atomic E-state index is -3.24. The highest BCUT2D eigenvalue weighted by molar-refractivity contribution is 8.18. The number of rotatable bonds is 11. The van der Waals surface area contributed by atoms with E-state index >= 15 is 0 Å². The first-order valence-electron chi connectivity index (χ1n) is 5.70. The fraction of sp³-hybridized carbons (Fsp3) is 1.00. The Morgan fingerprint density at radius 1 is 1.11 bits per heavy atom. The second-order valence-corrected chi connectivity index (χ2v) is 11.6. The Morgan fingerprint density at radius 2 is 1.68 bits per heavy atom. The summed E-state index contributed by atoms with van der Waals surface area (Å²) in [4.78, 5) is 19.8. The summed E-state index contributed by atoms with van der Waals surface area (Å²) in [5, 5.41) is 8.94. The van der Waals surface area contributed by atoms with Gasteiger partial charge in [0, 0.05) is 12.5 Å². The SMILES string of the molecule is NCCCOP(O)(=S)CP(O)(=S)OCC(CN)CO. The van der Waals surface area contributed by atoms with Gasteiger partial charge in [-0.15, -0.1) is 0 Å².